The van der Waals surface area contributed by atoms with Gasteiger partial charge in [0.2, 0.25) is 5.91 Å². The molecule has 1 atom stereocenters. The predicted octanol–water partition coefficient (Wildman–Crippen LogP) is 1.60. The van der Waals surface area contributed by atoms with Gasteiger partial charge in [0, 0.05) is 36.9 Å². The molecule has 2 rings (SSSR count). The molecule has 4 nitrogen and oxygen atoms in total. The fourth-order valence-electron chi connectivity index (χ4n) is 2.26. The predicted molar refractivity (Wildman–Crippen MR) is 78.8 cm³/mol. The monoisotopic (exact) mass is 281 g/mol. The van der Waals surface area contributed by atoms with E-state index in [1.165, 1.54) is 0 Å². The number of hydrogen-bond acceptors (Lipinski definition) is 3. The second kappa shape index (κ2) is 6.26. The van der Waals surface area contributed by atoms with E-state index in [2.05, 4.69) is 16.3 Å². The van der Waals surface area contributed by atoms with Crippen LogP contribution in [-0.2, 0) is 4.79 Å². The normalized spacial score (nSPS) is 17.4. The van der Waals surface area contributed by atoms with Crippen molar-refractivity contribution in [2.24, 2.45) is 0 Å². The number of nitrogens with zero attached hydrogens (tertiary/aromatic N) is 2. The van der Waals surface area contributed by atoms with Crippen molar-refractivity contribution in [3.8, 4) is 0 Å². The number of amides is 1. The van der Waals surface area contributed by atoms with E-state index in [0.29, 0.717) is 0 Å². The van der Waals surface area contributed by atoms with Crippen molar-refractivity contribution in [2.75, 3.05) is 38.1 Å². The van der Waals surface area contributed by atoms with Crippen molar-refractivity contribution in [3.63, 3.8) is 0 Å². The Kier molecular flexibility index (Phi) is 4.66. The van der Waals surface area contributed by atoms with Crippen molar-refractivity contribution in [3.05, 3.63) is 29.3 Å². The zero-order valence-corrected chi connectivity index (χ0v) is 12.2. The molecule has 104 valence electrons. The molecule has 1 aromatic rings. The third-order valence-corrected chi connectivity index (χ3v) is 3.80. The molecule has 1 aliphatic rings. The maximum atomic E-state index is 12.1. The lowest BCUT2D eigenvalue weighted by molar-refractivity contribution is -0.133. The second-order valence-electron chi connectivity index (χ2n) is 4.80. The lowest BCUT2D eigenvalue weighted by Crippen LogP contribution is -2.53. The van der Waals surface area contributed by atoms with Gasteiger partial charge in [0.25, 0.3) is 0 Å². The number of nitrogens with one attached hydrogen (secondary N) is 1. The number of rotatable bonds is 3. The molecular weight excluding hydrogens is 262 g/mol. The van der Waals surface area contributed by atoms with E-state index in [-0.39, 0.29) is 11.9 Å². The van der Waals surface area contributed by atoms with Crippen molar-refractivity contribution >= 4 is 23.2 Å². The molecule has 1 fully saturated rings. The van der Waals surface area contributed by atoms with Gasteiger partial charge in [-0.05, 0) is 32.2 Å². The Morgan fingerprint density at radius 1 is 1.32 bits per heavy atom. The summed E-state index contributed by atoms with van der Waals surface area (Å²) in [5, 5.41) is 3.74. The Morgan fingerprint density at radius 3 is 2.58 bits per heavy atom. The van der Waals surface area contributed by atoms with Crippen LogP contribution >= 0.6 is 11.6 Å². The Morgan fingerprint density at radius 2 is 2.00 bits per heavy atom. The van der Waals surface area contributed by atoms with E-state index in [9.17, 15) is 4.79 Å². The summed E-state index contributed by atoms with van der Waals surface area (Å²) < 4.78 is 0. The molecule has 1 amide bonds. The molecule has 5 heteroatoms. The van der Waals surface area contributed by atoms with E-state index in [0.717, 1.165) is 36.9 Å². The van der Waals surface area contributed by atoms with E-state index in [1.807, 2.05) is 37.1 Å². The van der Waals surface area contributed by atoms with Crippen LogP contribution in [0.5, 0.6) is 0 Å². The van der Waals surface area contributed by atoms with Crippen LogP contribution in [0.2, 0.25) is 5.02 Å². The number of piperazine rings is 1. The minimum absolute atomic E-state index is 0.113. The van der Waals surface area contributed by atoms with Gasteiger partial charge in [-0.2, -0.15) is 0 Å². The summed E-state index contributed by atoms with van der Waals surface area (Å²) in [5.41, 5.74) is 1.13. The van der Waals surface area contributed by atoms with Crippen molar-refractivity contribution in [1.29, 1.82) is 0 Å². The van der Waals surface area contributed by atoms with Crippen LogP contribution in [-0.4, -0.2) is 50.1 Å². The molecule has 0 saturated carbocycles. The lowest BCUT2D eigenvalue weighted by atomic mass is 10.2. The number of anilines is 1. The first-order valence-electron chi connectivity index (χ1n) is 6.58. The van der Waals surface area contributed by atoms with Gasteiger partial charge in [-0.3, -0.25) is 4.79 Å². The first kappa shape index (κ1) is 14.2. The van der Waals surface area contributed by atoms with Gasteiger partial charge in [-0.1, -0.05) is 17.7 Å². The quantitative estimate of drug-likeness (QED) is 0.914. The Balaban J connectivity index is 1.94. The third kappa shape index (κ3) is 3.39. The van der Waals surface area contributed by atoms with Crippen molar-refractivity contribution < 1.29 is 4.79 Å². The summed E-state index contributed by atoms with van der Waals surface area (Å²) >= 11 is 6.00. The first-order chi connectivity index (χ1) is 9.11. The zero-order valence-electron chi connectivity index (χ0n) is 11.4. The van der Waals surface area contributed by atoms with Crippen molar-refractivity contribution in [2.45, 2.75) is 13.0 Å². The highest BCUT2D eigenvalue weighted by Gasteiger charge is 2.24. The molecule has 1 N–H and O–H groups in total. The van der Waals surface area contributed by atoms with Gasteiger partial charge in [-0.25, -0.2) is 0 Å². The van der Waals surface area contributed by atoms with Crippen molar-refractivity contribution in [1.82, 2.24) is 10.2 Å². The molecule has 0 bridgehead atoms. The molecule has 1 aliphatic heterocycles. The molecule has 1 saturated heterocycles. The second-order valence-corrected chi connectivity index (χ2v) is 5.24. The standard InChI is InChI=1S/C14H20ClN3O/c1-11(16-2)14(19)18-8-6-17(7-9-18)13-5-3-4-12(15)10-13/h3-5,10-11,16H,6-9H2,1-2H3. The summed E-state index contributed by atoms with van der Waals surface area (Å²) in [4.78, 5) is 16.2. The first-order valence-corrected chi connectivity index (χ1v) is 6.96. The Bertz CT molecular complexity index is 444. The minimum atomic E-state index is -0.113. The van der Waals surface area contributed by atoms with Crippen LogP contribution in [0, 0.1) is 0 Å². The molecule has 0 spiro atoms. The number of likely N-dealkylation sites (N-methyl/N-ethyl adjacent to an activating group) is 1. The van der Waals surface area contributed by atoms with E-state index in [4.69, 9.17) is 11.6 Å². The average molecular weight is 282 g/mol. The lowest BCUT2D eigenvalue weighted by Gasteiger charge is -2.37. The highest BCUT2D eigenvalue weighted by Crippen LogP contribution is 2.20. The van der Waals surface area contributed by atoms with Gasteiger partial charge < -0.3 is 15.1 Å². The highest BCUT2D eigenvalue weighted by atomic mass is 35.5. The summed E-state index contributed by atoms with van der Waals surface area (Å²) in [7, 11) is 1.81. The average Bonchev–Trinajstić information content (AvgIpc) is 2.46. The molecule has 1 unspecified atom stereocenters. The summed E-state index contributed by atoms with van der Waals surface area (Å²) in [6.07, 6.45) is 0. The Hall–Kier alpha value is -1.26. The van der Waals surface area contributed by atoms with Crippen LogP contribution in [0.4, 0.5) is 5.69 Å². The zero-order chi connectivity index (χ0) is 13.8. The fourth-order valence-corrected chi connectivity index (χ4v) is 2.44. The largest absolute Gasteiger partial charge is 0.368 e. The summed E-state index contributed by atoms with van der Waals surface area (Å²) in [5.74, 6) is 0.174. The summed E-state index contributed by atoms with van der Waals surface area (Å²) in [6, 6.07) is 7.74. The van der Waals surface area contributed by atoms with E-state index in [1.54, 1.807) is 0 Å². The van der Waals surface area contributed by atoms with Gasteiger partial charge in [0.15, 0.2) is 0 Å². The van der Waals surface area contributed by atoms with E-state index >= 15 is 0 Å². The number of carbonyl (C=O) groups is 1. The molecule has 0 radical (unpaired) electrons. The smallest absolute Gasteiger partial charge is 0.239 e. The molecule has 19 heavy (non-hydrogen) atoms. The van der Waals surface area contributed by atoms with Crippen LogP contribution < -0.4 is 10.2 Å². The fraction of sp³-hybridized carbons (Fsp3) is 0.500. The van der Waals surface area contributed by atoms with Crippen LogP contribution in [0.15, 0.2) is 24.3 Å². The molecule has 0 aromatic heterocycles. The third-order valence-electron chi connectivity index (χ3n) is 3.57. The number of benzene rings is 1. The Labute approximate surface area is 119 Å². The molecular formula is C14H20ClN3O. The number of hydrogen-bond donors (Lipinski definition) is 1. The summed E-state index contributed by atoms with van der Waals surface area (Å²) in [6.45, 7) is 5.12. The van der Waals surface area contributed by atoms with Gasteiger partial charge in [0.1, 0.15) is 0 Å². The van der Waals surface area contributed by atoms with Gasteiger partial charge >= 0.3 is 0 Å². The maximum Gasteiger partial charge on any atom is 0.239 e. The van der Waals surface area contributed by atoms with Gasteiger partial charge in [0.05, 0.1) is 6.04 Å². The van der Waals surface area contributed by atoms with Crippen LogP contribution in [0.25, 0.3) is 0 Å². The highest BCUT2D eigenvalue weighted by molar-refractivity contribution is 6.30. The van der Waals surface area contributed by atoms with Gasteiger partial charge in [-0.15, -0.1) is 0 Å². The number of carbonyl (C=O) groups excluding carboxylic acids is 1. The van der Waals surface area contributed by atoms with Crippen LogP contribution in [0.3, 0.4) is 0 Å². The van der Waals surface area contributed by atoms with E-state index < -0.39 is 0 Å². The minimum Gasteiger partial charge on any atom is -0.368 e. The molecule has 1 heterocycles. The number of halogens is 1. The van der Waals surface area contributed by atoms with Crippen LogP contribution in [0.1, 0.15) is 6.92 Å². The maximum absolute atomic E-state index is 12.1. The molecule has 0 aliphatic carbocycles. The molecule has 1 aromatic carbocycles. The SMILES string of the molecule is CNC(C)C(=O)N1CCN(c2cccc(Cl)c2)CC1. The topological polar surface area (TPSA) is 35.6 Å².